The van der Waals surface area contributed by atoms with Gasteiger partial charge in [-0.3, -0.25) is 4.79 Å². The number of carbonyl (C=O) groups is 1. The number of hydrogen-bond donors (Lipinski definition) is 1. The van der Waals surface area contributed by atoms with Crippen LogP contribution in [0, 0.1) is 11.3 Å². The molecule has 0 aromatic heterocycles. The Morgan fingerprint density at radius 3 is 2.38 bits per heavy atom. The van der Waals surface area contributed by atoms with Crippen molar-refractivity contribution in [2.75, 3.05) is 19.8 Å². The summed E-state index contributed by atoms with van der Waals surface area (Å²) in [6.07, 6.45) is 7.21. The fourth-order valence-corrected chi connectivity index (χ4v) is 2.54. The van der Waals surface area contributed by atoms with E-state index in [0.717, 1.165) is 32.6 Å². The molecule has 0 aromatic rings. The minimum Gasteiger partial charge on any atom is -0.380 e. The van der Waals surface area contributed by atoms with Gasteiger partial charge in [0.1, 0.15) is 0 Å². The summed E-state index contributed by atoms with van der Waals surface area (Å²) < 4.78 is 5.18. The molecule has 2 rings (SSSR count). The van der Waals surface area contributed by atoms with E-state index in [1.54, 1.807) is 0 Å². The maximum absolute atomic E-state index is 12.0. The molecular formula is C13H23NO2. The van der Waals surface area contributed by atoms with Crippen LogP contribution in [-0.4, -0.2) is 25.7 Å². The predicted molar refractivity (Wildman–Crippen MR) is 63.1 cm³/mol. The Hall–Kier alpha value is -0.570. The smallest absolute Gasteiger partial charge is 0.223 e. The van der Waals surface area contributed by atoms with Gasteiger partial charge in [0.05, 0.1) is 13.2 Å². The zero-order chi connectivity index (χ0) is 11.4. The highest BCUT2D eigenvalue weighted by atomic mass is 16.5. The third-order valence-electron chi connectivity index (χ3n) is 3.82. The summed E-state index contributed by atoms with van der Waals surface area (Å²) in [4.78, 5) is 12.0. The molecular weight excluding hydrogens is 202 g/mol. The Morgan fingerprint density at radius 1 is 1.25 bits per heavy atom. The molecule has 0 spiro atoms. The zero-order valence-corrected chi connectivity index (χ0v) is 10.3. The van der Waals surface area contributed by atoms with Crippen LogP contribution in [0.5, 0.6) is 0 Å². The van der Waals surface area contributed by atoms with Crippen LogP contribution in [-0.2, 0) is 9.53 Å². The van der Waals surface area contributed by atoms with Crippen LogP contribution in [0.1, 0.15) is 45.4 Å². The van der Waals surface area contributed by atoms with E-state index in [9.17, 15) is 4.79 Å². The average molecular weight is 225 g/mol. The summed E-state index contributed by atoms with van der Waals surface area (Å²) in [5.74, 6) is 0.544. The fourth-order valence-electron chi connectivity index (χ4n) is 2.54. The second-order valence-electron chi connectivity index (χ2n) is 5.71. The lowest BCUT2D eigenvalue weighted by Gasteiger charge is -2.38. The van der Waals surface area contributed by atoms with Crippen molar-refractivity contribution in [3.63, 3.8) is 0 Å². The lowest BCUT2D eigenvalue weighted by Crippen LogP contribution is -2.49. The third kappa shape index (κ3) is 2.97. The molecule has 0 atom stereocenters. The quantitative estimate of drug-likeness (QED) is 0.747. The molecule has 92 valence electrons. The first-order valence-electron chi connectivity index (χ1n) is 6.55. The van der Waals surface area contributed by atoms with Gasteiger partial charge in [-0.15, -0.1) is 0 Å². The van der Waals surface area contributed by atoms with Crippen molar-refractivity contribution in [1.82, 2.24) is 5.32 Å². The van der Waals surface area contributed by atoms with E-state index in [4.69, 9.17) is 4.74 Å². The van der Waals surface area contributed by atoms with E-state index in [-0.39, 0.29) is 17.2 Å². The molecule has 0 bridgehead atoms. The molecule has 1 amide bonds. The van der Waals surface area contributed by atoms with Crippen LogP contribution in [0.15, 0.2) is 0 Å². The van der Waals surface area contributed by atoms with Crippen LogP contribution in [0.4, 0.5) is 0 Å². The largest absolute Gasteiger partial charge is 0.380 e. The normalized spacial score (nSPS) is 25.6. The van der Waals surface area contributed by atoms with E-state index in [1.165, 1.54) is 25.7 Å². The highest BCUT2D eigenvalue weighted by Crippen LogP contribution is 2.26. The van der Waals surface area contributed by atoms with Gasteiger partial charge < -0.3 is 10.1 Å². The number of nitrogens with one attached hydrogen (secondary N) is 1. The summed E-state index contributed by atoms with van der Waals surface area (Å²) in [5.41, 5.74) is 0.195. The highest BCUT2D eigenvalue weighted by molar-refractivity contribution is 5.78. The van der Waals surface area contributed by atoms with E-state index < -0.39 is 0 Å². The van der Waals surface area contributed by atoms with Gasteiger partial charge in [0, 0.05) is 17.9 Å². The first-order chi connectivity index (χ1) is 7.70. The fraction of sp³-hybridized carbons (Fsp3) is 0.923. The van der Waals surface area contributed by atoms with Crippen LogP contribution in [0.2, 0.25) is 0 Å². The Morgan fingerprint density at radius 2 is 1.88 bits per heavy atom. The molecule has 2 aliphatic rings. The van der Waals surface area contributed by atoms with Crippen molar-refractivity contribution in [2.45, 2.75) is 45.4 Å². The van der Waals surface area contributed by atoms with Gasteiger partial charge in [0.2, 0.25) is 5.91 Å². The van der Waals surface area contributed by atoms with E-state index in [1.807, 2.05) is 0 Å². The molecule has 3 heteroatoms. The summed E-state index contributed by atoms with van der Waals surface area (Å²) in [6, 6.07) is 0. The second kappa shape index (κ2) is 5.17. The zero-order valence-electron chi connectivity index (χ0n) is 10.3. The lowest BCUT2D eigenvalue weighted by molar-refractivity contribution is -0.130. The Kier molecular flexibility index (Phi) is 3.85. The summed E-state index contributed by atoms with van der Waals surface area (Å²) >= 11 is 0. The number of ether oxygens (including phenoxy) is 1. The summed E-state index contributed by atoms with van der Waals surface area (Å²) in [7, 11) is 0. The molecule has 1 N–H and O–H groups in total. The second-order valence-corrected chi connectivity index (χ2v) is 5.71. The molecule has 1 heterocycles. The average Bonchev–Trinajstić information content (AvgIpc) is 2.51. The number of amides is 1. The molecule has 0 unspecified atom stereocenters. The SMILES string of the molecule is CC1(CNC(=O)C2CCCCCC2)COC1. The maximum Gasteiger partial charge on any atom is 0.223 e. The van der Waals surface area contributed by atoms with Crippen molar-refractivity contribution in [2.24, 2.45) is 11.3 Å². The minimum atomic E-state index is 0.195. The van der Waals surface area contributed by atoms with Crippen molar-refractivity contribution >= 4 is 5.91 Å². The molecule has 0 aromatic carbocycles. The van der Waals surface area contributed by atoms with Gasteiger partial charge in [-0.2, -0.15) is 0 Å². The summed E-state index contributed by atoms with van der Waals surface area (Å²) in [6.45, 7) is 4.53. The van der Waals surface area contributed by atoms with Gasteiger partial charge in [0.25, 0.3) is 0 Å². The van der Waals surface area contributed by atoms with Crippen molar-refractivity contribution in [1.29, 1.82) is 0 Å². The summed E-state index contributed by atoms with van der Waals surface area (Å²) in [5, 5.41) is 3.10. The number of hydrogen-bond acceptors (Lipinski definition) is 2. The van der Waals surface area contributed by atoms with Gasteiger partial charge in [-0.1, -0.05) is 32.6 Å². The standard InChI is InChI=1S/C13H23NO2/c1-13(9-16-10-13)8-14-12(15)11-6-4-2-3-5-7-11/h11H,2-10H2,1H3,(H,14,15). The number of rotatable bonds is 3. The van der Waals surface area contributed by atoms with E-state index >= 15 is 0 Å². The van der Waals surface area contributed by atoms with E-state index in [2.05, 4.69) is 12.2 Å². The van der Waals surface area contributed by atoms with Crippen LogP contribution < -0.4 is 5.32 Å². The lowest BCUT2D eigenvalue weighted by atomic mass is 9.88. The molecule has 3 nitrogen and oxygen atoms in total. The first kappa shape index (κ1) is 11.9. The molecule has 1 saturated carbocycles. The molecule has 2 fully saturated rings. The van der Waals surface area contributed by atoms with Gasteiger partial charge in [-0.25, -0.2) is 0 Å². The van der Waals surface area contributed by atoms with Gasteiger partial charge >= 0.3 is 0 Å². The Bertz CT molecular complexity index is 240. The molecule has 0 radical (unpaired) electrons. The monoisotopic (exact) mass is 225 g/mol. The minimum absolute atomic E-state index is 0.195. The Labute approximate surface area is 97.9 Å². The number of carbonyl (C=O) groups excluding carboxylic acids is 1. The molecule has 16 heavy (non-hydrogen) atoms. The van der Waals surface area contributed by atoms with Crippen molar-refractivity contribution in [3.8, 4) is 0 Å². The van der Waals surface area contributed by atoms with Gasteiger partial charge in [0.15, 0.2) is 0 Å². The predicted octanol–water partition coefficient (Wildman–Crippen LogP) is 2.11. The van der Waals surface area contributed by atoms with Crippen LogP contribution >= 0.6 is 0 Å². The highest BCUT2D eigenvalue weighted by Gasteiger charge is 2.34. The Balaban J connectivity index is 1.73. The molecule has 1 aliphatic carbocycles. The molecule has 1 aliphatic heterocycles. The molecule has 1 saturated heterocycles. The van der Waals surface area contributed by atoms with Gasteiger partial charge in [-0.05, 0) is 12.8 Å². The topological polar surface area (TPSA) is 38.3 Å². The maximum atomic E-state index is 12.0. The van der Waals surface area contributed by atoms with Crippen LogP contribution in [0.25, 0.3) is 0 Å². The third-order valence-corrected chi connectivity index (χ3v) is 3.82. The van der Waals surface area contributed by atoms with Crippen molar-refractivity contribution in [3.05, 3.63) is 0 Å². The first-order valence-corrected chi connectivity index (χ1v) is 6.55. The van der Waals surface area contributed by atoms with Crippen LogP contribution in [0.3, 0.4) is 0 Å². The van der Waals surface area contributed by atoms with Crippen molar-refractivity contribution < 1.29 is 9.53 Å². The van der Waals surface area contributed by atoms with E-state index in [0.29, 0.717) is 0 Å².